The van der Waals surface area contributed by atoms with Crippen LogP contribution < -0.4 is 15.4 Å². The molecular formula is C18H20ClN3O3. The molecule has 2 aromatic rings. The normalized spacial score (nSPS) is 17.2. The zero-order valence-electron chi connectivity index (χ0n) is 14.1. The molecule has 2 amide bonds. The van der Waals surface area contributed by atoms with Gasteiger partial charge in [-0.15, -0.1) is 0 Å². The van der Waals surface area contributed by atoms with E-state index < -0.39 is 0 Å². The molecule has 0 fully saturated rings. The molecule has 25 heavy (non-hydrogen) atoms. The molecule has 7 heteroatoms. The van der Waals surface area contributed by atoms with Gasteiger partial charge in [0, 0.05) is 19.1 Å². The molecule has 6 nitrogen and oxygen atoms in total. The Morgan fingerprint density at radius 3 is 2.96 bits per heavy atom. The molecule has 0 spiro atoms. The summed E-state index contributed by atoms with van der Waals surface area (Å²) in [7, 11) is 1.62. The minimum Gasteiger partial charge on any atom is -0.492 e. The van der Waals surface area contributed by atoms with E-state index in [9.17, 15) is 4.79 Å². The standard InChI is InChI=1S/C18H20ClN3O3/c1-11(24-2)14-7-4-8-16(20-14)22-18(23)21-15-9-10-25-17-12(15)5-3-6-13(17)19/h3-8,11,15H,9-10H2,1-2H3,(H2,20,21,22,23)/t11-,15-/m0/s1. The van der Waals surface area contributed by atoms with Gasteiger partial charge in [0.15, 0.2) is 0 Å². The fourth-order valence-corrected chi connectivity index (χ4v) is 2.95. The van der Waals surface area contributed by atoms with E-state index in [1.165, 1.54) is 0 Å². The number of hydrogen-bond donors (Lipinski definition) is 2. The van der Waals surface area contributed by atoms with Gasteiger partial charge >= 0.3 is 6.03 Å². The average Bonchev–Trinajstić information content (AvgIpc) is 2.62. The minimum absolute atomic E-state index is 0.144. The van der Waals surface area contributed by atoms with Crippen LogP contribution >= 0.6 is 11.6 Å². The van der Waals surface area contributed by atoms with Crippen molar-refractivity contribution < 1.29 is 14.3 Å². The number of fused-ring (bicyclic) bond motifs is 1. The van der Waals surface area contributed by atoms with Crippen LogP contribution in [0.15, 0.2) is 36.4 Å². The molecule has 0 saturated heterocycles. The Hall–Kier alpha value is -2.31. The zero-order chi connectivity index (χ0) is 17.8. The van der Waals surface area contributed by atoms with Crippen molar-refractivity contribution >= 4 is 23.4 Å². The van der Waals surface area contributed by atoms with Gasteiger partial charge in [-0.3, -0.25) is 5.32 Å². The fourth-order valence-electron chi connectivity index (χ4n) is 2.72. The molecule has 3 rings (SSSR count). The SMILES string of the molecule is CO[C@@H](C)c1cccc(NC(=O)N[C@H]2CCOc3c(Cl)cccc32)n1. The van der Waals surface area contributed by atoms with Crippen LogP contribution in [0.25, 0.3) is 0 Å². The Labute approximate surface area is 151 Å². The Balaban J connectivity index is 1.69. The second-order valence-corrected chi connectivity index (χ2v) is 6.18. The van der Waals surface area contributed by atoms with Crippen LogP contribution in [-0.4, -0.2) is 24.7 Å². The lowest BCUT2D eigenvalue weighted by Gasteiger charge is -2.27. The van der Waals surface area contributed by atoms with Crippen LogP contribution in [0.4, 0.5) is 10.6 Å². The predicted molar refractivity (Wildman–Crippen MR) is 96.1 cm³/mol. The highest BCUT2D eigenvalue weighted by Gasteiger charge is 2.24. The number of ether oxygens (including phenoxy) is 2. The van der Waals surface area contributed by atoms with Gasteiger partial charge in [-0.1, -0.05) is 29.8 Å². The molecule has 0 bridgehead atoms. The summed E-state index contributed by atoms with van der Waals surface area (Å²) in [6.45, 7) is 2.40. The molecule has 1 aliphatic rings. The lowest BCUT2D eigenvalue weighted by molar-refractivity contribution is 0.116. The number of methoxy groups -OCH3 is 1. The summed E-state index contributed by atoms with van der Waals surface area (Å²) in [6.07, 6.45) is 0.531. The van der Waals surface area contributed by atoms with Crippen LogP contribution in [0, 0.1) is 0 Å². The summed E-state index contributed by atoms with van der Waals surface area (Å²) in [6, 6.07) is 10.5. The topological polar surface area (TPSA) is 72.5 Å². The number of carbonyl (C=O) groups is 1. The third kappa shape index (κ3) is 4.03. The van der Waals surface area contributed by atoms with Crippen LogP contribution in [0.5, 0.6) is 5.75 Å². The molecule has 0 saturated carbocycles. The number of amides is 2. The van der Waals surface area contributed by atoms with Gasteiger partial charge in [0.05, 0.1) is 29.5 Å². The van der Waals surface area contributed by atoms with Gasteiger partial charge in [0.25, 0.3) is 0 Å². The highest BCUT2D eigenvalue weighted by molar-refractivity contribution is 6.32. The summed E-state index contributed by atoms with van der Waals surface area (Å²) in [5.74, 6) is 1.10. The van der Waals surface area contributed by atoms with E-state index in [1.54, 1.807) is 19.2 Å². The lowest BCUT2D eigenvalue weighted by Crippen LogP contribution is -2.35. The first-order valence-electron chi connectivity index (χ1n) is 8.07. The summed E-state index contributed by atoms with van der Waals surface area (Å²) >= 11 is 6.16. The van der Waals surface area contributed by atoms with Gasteiger partial charge in [0.2, 0.25) is 0 Å². The van der Waals surface area contributed by atoms with Crippen molar-refractivity contribution in [3.63, 3.8) is 0 Å². The smallest absolute Gasteiger partial charge is 0.320 e. The third-order valence-corrected chi connectivity index (χ3v) is 4.41. The zero-order valence-corrected chi connectivity index (χ0v) is 14.8. The average molecular weight is 362 g/mol. The van der Waals surface area contributed by atoms with Crippen LogP contribution in [0.2, 0.25) is 5.02 Å². The first kappa shape index (κ1) is 17.5. The molecular weight excluding hydrogens is 342 g/mol. The highest BCUT2D eigenvalue weighted by Crippen LogP contribution is 2.37. The number of anilines is 1. The van der Waals surface area contributed by atoms with Crippen molar-refractivity contribution in [1.29, 1.82) is 0 Å². The quantitative estimate of drug-likeness (QED) is 0.860. The molecule has 0 radical (unpaired) electrons. The van der Waals surface area contributed by atoms with Crippen molar-refractivity contribution in [3.05, 3.63) is 52.7 Å². The first-order chi connectivity index (χ1) is 12.1. The van der Waals surface area contributed by atoms with Crippen LogP contribution in [0.1, 0.15) is 36.7 Å². The molecule has 1 aromatic heterocycles. The van der Waals surface area contributed by atoms with E-state index in [-0.39, 0.29) is 18.2 Å². The summed E-state index contributed by atoms with van der Waals surface area (Å²) in [5.41, 5.74) is 1.63. The highest BCUT2D eigenvalue weighted by atomic mass is 35.5. The van der Waals surface area contributed by atoms with E-state index in [2.05, 4.69) is 15.6 Å². The number of nitrogens with zero attached hydrogens (tertiary/aromatic N) is 1. The minimum atomic E-state index is -0.326. The fraction of sp³-hybridized carbons (Fsp3) is 0.333. The number of pyridine rings is 1. The maximum atomic E-state index is 12.4. The monoisotopic (exact) mass is 361 g/mol. The maximum absolute atomic E-state index is 12.4. The van der Waals surface area contributed by atoms with Crippen molar-refractivity contribution in [1.82, 2.24) is 10.3 Å². The second kappa shape index (κ2) is 7.72. The molecule has 1 aliphatic heterocycles. The summed E-state index contributed by atoms with van der Waals surface area (Å²) < 4.78 is 10.9. The number of rotatable bonds is 4. The Morgan fingerprint density at radius 2 is 2.16 bits per heavy atom. The van der Waals surface area contributed by atoms with Crippen LogP contribution in [0.3, 0.4) is 0 Å². The van der Waals surface area contributed by atoms with E-state index in [0.29, 0.717) is 29.6 Å². The Kier molecular flexibility index (Phi) is 5.40. The summed E-state index contributed by atoms with van der Waals surface area (Å²) in [5, 5.41) is 6.27. The van der Waals surface area contributed by atoms with Crippen molar-refractivity contribution in [3.8, 4) is 5.75 Å². The Bertz CT molecular complexity index is 769. The molecule has 1 aromatic carbocycles. The number of aromatic nitrogens is 1. The largest absolute Gasteiger partial charge is 0.492 e. The number of nitrogens with one attached hydrogen (secondary N) is 2. The molecule has 132 valence electrons. The van der Waals surface area contributed by atoms with Crippen molar-refractivity contribution in [2.45, 2.75) is 25.5 Å². The van der Waals surface area contributed by atoms with Gasteiger partial charge in [-0.2, -0.15) is 0 Å². The number of urea groups is 1. The number of halogens is 1. The molecule has 0 unspecified atom stereocenters. The predicted octanol–water partition coefficient (Wildman–Crippen LogP) is 4.09. The van der Waals surface area contributed by atoms with Gasteiger partial charge < -0.3 is 14.8 Å². The third-order valence-electron chi connectivity index (χ3n) is 4.11. The lowest BCUT2D eigenvalue weighted by atomic mass is 10.0. The van der Waals surface area contributed by atoms with Crippen LogP contribution in [-0.2, 0) is 4.74 Å². The molecule has 2 N–H and O–H groups in total. The number of hydrogen-bond acceptors (Lipinski definition) is 4. The van der Waals surface area contributed by atoms with Gasteiger partial charge in [0.1, 0.15) is 11.6 Å². The molecule has 2 heterocycles. The van der Waals surface area contributed by atoms with Gasteiger partial charge in [-0.05, 0) is 25.1 Å². The number of para-hydroxylation sites is 1. The van der Waals surface area contributed by atoms with E-state index in [4.69, 9.17) is 21.1 Å². The Morgan fingerprint density at radius 1 is 1.36 bits per heavy atom. The van der Waals surface area contributed by atoms with E-state index in [0.717, 1.165) is 11.3 Å². The van der Waals surface area contributed by atoms with Crippen molar-refractivity contribution in [2.24, 2.45) is 0 Å². The summed E-state index contributed by atoms with van der Waals surface area (Å²) in [4.78, 5) is 16.8. The van der Waals surface area contributed by atoms with E-state index in [1.807, 2.05) is 31.2 Å². The van der Waals surface area contributed by atoms with Crippen molar-refractivity contribution in [2.75, 3.05) is 19.0 Å². The second-order valence-electron chi connectivity index (χ2n) is 5.77. The van der Waals surface area contributed by atoms with Gasteiger partial charge in [-0.25, -0.2) is 9.78 Å². The number of benzene rings is 1. The molecule has 2 atom stereocenters. The van der Waals surface area contributed by atoms with E-state index >= 15 is 0 Å². The number of carbonyl (C=O) groups excluding carboxylic acids is 1. The maximum Gasteiger partial charge on any atom is 0.320 e. The molecule has 0 aliphatic carbocycles. The first-order valence-corrected chi connectivity index (χ1v) is 8.44.